The summed E-state index contributed by atoms with van der Waals surface area (Å²) in [6.07, 6.45) is 0.500. The fourth-order valence-electron chi connectivity index (χ4n) is 1.93. The van der Waals surface area contributed by atoms with Crippen molar-refractivity contribution in [3.05, 3.63) is 54.0 Å². The summed E-state index contributed by atoms with van der Waals surface area (Å²) < 4.78 is 1.09. The lowest BCUT2D eigenvalue weighted by atomic mass is 10.3. The van der Waals surface area contributed by atoms with Gasteiger partial charge in [0.2, 0.25) is 5.91 Å². The largest absolute Gasteiger partial charge is 0.326 e. The molecule has 0 aliphatic heterocycles. The van der Waals surface area contributed by atoms with Gasteiger partial charge in [0.15, 0.2) is 0 Å². The molecule has 1 aromatic heterocycles. The molecule has 3 nitrogen and oxygen atoms in total. The molecule has 0 spiro atoms. The molecule has 5 heteroatoms. The fraction of sp³-hybridized carbons (Fsp3) is 0.125. The molecular weight excluding hydrogens is 300 g/mol. The average molecular weight is 314 g/mol. The Morgan fingerprint density at radius 1 is 1.19 bits per heavy atom. The van der Waals surface area contributed by atoms with Gasteiger partial charge in [0.05, 0.1) is 15.7 Å². The molecule has 0 saturated heterocycles. The number of hydrogen-bond donors (Lipinski definition) is 1. The molecule has 106 valence electrons. The highest BCUT2D eigenvalue weighted by molar-refractivity contribution is 7.99. The number of carbonyl (C=O) groups excluding carboxylic acids is 1. The van der Waals surface area contributed by atoms with Gasteiger partial charge in [0.1, 0.15) is 0 Å². The summed E-state index contributed by atoms with van der Waals surface area (Å²) in [7, 11) is 0. The summed E-state index contributed by atoms with van der Waals surface area (Å²) >= 11 is 3.27. The van der Waals surface area contributed by atoms with E-state index in [0.29, 0.717) is 6.42 Å². The third-order valence-corrected chi connectivity index (χ3v) is 4.76. The van der Waals surface area contributed by atoms with Crippen molar-refractivity contribution in [3.8, 4) is 0 Å². The molecule has 0 atom stereocenters. The van der Waals surface area contributed by atoms with E-state index in [2.05, 4.69) is 22.4 Å². The van der Waals surface area contributed by atoms with E-state index in [4.69, 9.17) is 0 Å². The van der Waals surface area contributed by atoms with E-state index in [-0.39, 0.29) is 5.91 Å². The van der Waals surface area contributed by atoms with Crippen LogP contribution in [0, 0.1) is 0 Å². The van der Waals surface area contributed by atoms with Crippen LogP contribution in [0.5, 0.6) is 0 Å². The minimum Gasteiger partial charge on any atom is -0.326 e. The predicted octanol–water partition coefficient (Wildman–Crippen LogP) is 4.42. The van der Waals surface area contributed by atoms with Gasteiger partial charge in [0.25, 0.3) is 0 Å². The number of fused-ring (bicyclic) bond motifs is 1. The summed E-state index contributed by atoms with van der Waals surface area (Å²) in [5.41, 5.74) is 3.62. The molecular formula is C16H14N2OS2. The molecule has 3 rings (SSSR count). The Kier molecular flexibility index (Phi) is 4.52. The third kappa shape index (κ3) is 3.83. The lowest BCUT2D eigenvalue weighted by molar-refractivity contribution is -0.115. The molecule has 0 saturated carbocycles. The zero-order valence-electron chi connectivity index (χ0n) is 11.3. The van der Waals surface area contributed by atoms with E-state index in [1.807, 2.05) is 41.9 Å². The van der Waals surface area contributed by atoms with Gasteiger partial charge >= 0.3 is 0 Å². The van der Waals surface area contributed by atoms with Gasteiger partial charge in [-0.05, 0) is 30.3 Å². The van der Waals surface area contributed by atoms with Gasteiger partial charge < -0.3 is 5.32 Å². The SMILES string of the molecule is O=C(CCSc1ccccc1)Nc1ccc2ncsc2c1. The molecule has 0 aliphatic carbocycles. The predicted molar refractivity (Wildman–Crippen MR) is 90.0 cm³/mol. The maximum absolute atomic E-state index is 11.9. The molecule has 3 aromatic rings. The van der Waals surface area contributed by atoms with E-state index in [1.165, 1.54) is 4.90 Å². The number of amides is 1. The average Bonchev–Trinajstić information content (AvgIpc) is 2.96. The second kappa shape index (κ2) is 6.74. The van der Waals surface area contributed by atoms with Crippen LogP contribution in [-0.4, -0.2) is 16.6 Å². The summed E-state index contributed by atoms with van der Waals surface area (Å²) in [6.45, 7) is 0. The van der Waals surface area contributed by atoms with Crippen LogP contribution in [0.4, 0.5) is 5.69 Å². The van der Waals surface area contributed by atoms with Gasteiger partial charge in [-0.15, -0.1) is 23.1 Å². The van der Waals surface area contributed by atoms with Crippen molar-refractivity contribution in [3.63, 3.8) is 0 Å². The van der Waals surface area contributed by atoms with E-state index < -0.39 is 0 Å². The highest BCUT2D eigenvalue weighted by Gasteiger charge is 2.04. The maximum atomic E-state index is 11.9. The number of carbonyl (C=O) groups is 1. The monoisotopic (exact) mass is 314 g/mol. The topological polar surface area (TPSA) is 42.0 Å². The van der Waals surface area contributed by atoms with Crippen molar-refractivity contribution >= 4 is 44.9 Å². The first-order valence-corrected chi connectivity index (χ1v) is 8.49. The number of nitrogens with zero attached hydrogens (tertiary/aromatic N) is 1. The summed E-state index contributed by atoms with van der Waals surface area (Å²) in [4.78, 5) is 17.4. The molecule has 21 heavy (non-hydrogen) atoms. The molecule has 1 N–H and O–H groups in total. The Bertz CT molecular complexity index is 740. The van der Waals surface area contributed by atoms with Gasteiger partial charge in [-0.2, -0.15) is 0 Å². The van der Waals surface area contributed by atoms with Gasteiger partial charge in [0, 0.05) is 22.8 Å². The number of aromatic nitrogens is 1. The van der Waals surface area contributed by atoms with Crippen LogP contribution in [0.3, 0.4) is 0 Å². The number of thiazole rings is 1. The lowest BCUT2D eigenvalue weighted by Gasteiger charge is -2.05. The molecule has 0 aliphatic rings. The van der Waals surface area contributed by atoms with Crippen molar-refractivity contribution < 1.29 is 4.79 Å². The highest BCUT2D eigenvalue weighted by Crippen LogP contribution is 2.22. The number of rotatable bonds is 5. The third-order valence-electron chi connectivity index (χ3n) is 2.96. The first-order chi connectivity index (χ1) is 10.3. The van der Waals surface area contributed by atoms with Crippen LogP contribution in [0.25, 0.3) is 10.2 Å². The van der Waals surface area contributed by atoms with Crippen molar-refractivity contribution in [2.45, 2.75) is 11.3 Å². The van der Waals surface area contributed by atoms with Gasteiger partial charge in [-0.1, -0.05) is 18.2 Å². The van der Waals surface area contributed by atoms with Gasteiger partial charge in [-0.3, -0.25) is 4.79 Å². The molecule has 0 radical (unpaired) electrons. The summed E-state index contributed by atoms with van der Waals surface area (Å²) in [5, 5.41) is 2.94. The first-order valence-electron chi connectivity index (χ1n) is 6.62. The highest BCUT2D eigenvalue weighted by atomic mass is 32.2. The molecule has 0 unspecified atom stereocenters. The number of anilines is 1. The minimum absolute atomic E-state index is 0.0438. The number of hydrogen-bond acceptors (Lipinski definition) is 4. The van der Waals surface area contributed by atoms with E-state index in [1.54, 1.807) is 23.1 Å². The van der Waals surface area contributed by atoms with Crippen LogP contribution in [0.2, 0.25) is 0 Å². The molecule has 2 aromatic carbocycles. The van der Waals surface area contributed by atoms with Gasteiger partial charge in [-0.25, -0.2) is 4.98 Å². The molecule has 0 bridgehead atoms. The van der Waals surface area contributed by atoms with Crippen molar-refractivity contribution in [2.75, 3.05) is 11.1 Å². The molecule has 1 heterocycles. The van der Waals surface area contributed by atoms with Crippen LogP contribution < -0.4 is 5.32 Å². The number of nitrogens with one attached hydrogen (secondary N) is 1. The second-order valence-corrected chi connectivity index (χ2v) is 6.55. The van der Waals surface area contributed by atoms with E-state index >= 15 is 0 Å². The van der Waals surface area contributed by atoms with Crippen LogP contribution in [0.15, 0.2) is 58.9 Å². The Labute approximate surface area is 131 Å². The normalized spacial score (nSPS) is 10.7. The standard InChI is InChI=1S/C16H14N2OS2/c19-16(8-9-20-13-4-2-1-3-5-13)18-12-6-7-14-15(10-12)21-11-17-14/h1-7,10-11H,8-9H2,(H,18,19). The van der Waals surface area contributed by atoms with E-state index in [9.17, 15) is 4.79 Å². The maximum Gasteiger partial charge on any atom is 0.225 e. The summed E-state index contributed by atoms with van der Waals surface area (Å²) in [6, 6.07) is 15.9. The zero-order valence-corrected chi connectivity index (χ0v) is 12.9. The number of thioether (sulfide) groups is 1. The van der Waals surface area contributed by atoms with E-state index in [0.717, 1.165) is 21.7 Å². The smallest absolute Gasteiger partial charge is 0.225 e. The fourth-order valence-corrected chi connectivity index (χ4v) is 3.52. The molecule has 1 amide bonds. The lowest BCUT2D eigenvalue weighted by Crippen LogP contribution is -2.11. The summed E-state index contributed by atoms with van der Waals surface area (Å²) in [5.74, 6) is 0.820. The Hall–Kier alpha value is -1.85. The van der Waals surface area contributed by atoms with Crippen LogP contribution >= 0.6 is 23.1 Å². The van der Waals surface area contributed by atoms with Crippen molar-refractivity contribution in [1.82, 2.24) is 4.98 Å². The quantitative estimate of drug-likeness (QED) is 0.709. The zero-order chi connectivity index (χ0) is 14.5. The number of benzene rings is 2. The molecule has 0 fully saturated rings. The van der Waals surface area contributed by atoms with Crippen molar-refractivity contribution in [1.29, 1.82) is 0 Å². The van der Waals surface area contributed by atoms with Crippen molar-refractivity contribution in [2.24, 2.45) is 0 Å². The Morgan fingerprint density at radius 2 is 2.05 bits per heavy atom. The second-order valence-electron chi connectivity index (χ2n) is 4.49. The van der Waals surface area contributed by atoms with Crippen LogP contribution in [-0.2, 0) is 4.79 Å². The Morgan fingerprint density at radius 3 is 2.90 bits per heavy atom. The minimum atomic E-state index is 0.0438. The van der Waals surface area contributed by atoms with Crippen LogP contribution in [0.1, 0.15) is 6.42 Å². The Balaban J connectivity index is 1.51. The first kappa shape index (κ1) is 14.1.